The van der Waals surface area contributed by atoms with Crippen molar-refractivity contribution < 1.29 is 24.0 Å². The molecule has 4 aliphatic carbocycles. The van der Waals surface area contributed by atoms with Crippen molar-refractivity contribution >= 4 is 29.7 Å². The quantitative estimate of drug-likeness (QED) is 0.485. The van der Waals surface area contributed by atoms with Crippen molar-refractivity contribution in [3.8, 4) is 0 Å². The van der Waals surface area contributed by atoms with E-state index in [0.717, 1.165) is 43.4 Å². The number of hydrogen-bond donors (Lipinski definition) is 1. The van der Waals surface area contributed by atoms with Gasteiger partial charge in [-0.15, -0.1) is 0 Å². The first-order valence-electron chi connectivity index (χ1n) is 11.0. The van der Waals surface area contributed by atoms with E-state index in [1.807, 2.05) is 0 Å². The monoisotopic (exact) mass is 418 g/mol. The van der Waals surface area contributed by atoms with Crippen LogP contribution in [0, 0.1) is 17.8 Å². The fourth-order valence-corrected chi connectivity index (χ4v) is 6.44. The molecular formula is C21H30N4O5. The molecule has 1 saturated heterocycles. The van der Waals surface area contributed by atoms with E-state index in [1.54, 1.807) is 13.8 Å². The van der Waals surface area contributed by atoms with Gasteiger partial charge >= 0.3 is 17.8 Å². The van der Waals surface area contributed by atoms with Crippen molar-refractivity contribution in [3.05, 3.63) is 0 Å². The van der Waals surface area contributed by atoms with E-state index < -0.39 is 35.8 Å². The van der Waals surface area contributed by atoms with Crippen LogP contribution in [-0.4, -0.2) is 76.1 Å². The van der Waals surface area contributed by atoms with Gasteiger partial charge in [-0.2, -0.15) is 0 Å². The number of hydrogen-bond acceptors (Lipinski definition) is 5. The molecule has 4 bridgehead atoms. The number of nitrogens with zero attached hydrogens (tertiary/aromatic N) is 3. The number of nitrogens with one attached hydrogen (secondary N) is 1. The summed E-state index contributed by atoms with van der Waals surface area (Å²) in [6.07, 6.45) is 5.75. The maximum absolute atomic E-state index is 13.2. The van der Waals surface area contributed by atoms with Crippen LogP contribution < -0.4 is 5.32 Å². The SMILES string of the molecule is CCNC(=O)CN(CC)C(=O)CN1C(=O)C(=O)N(C23CC4CC(CC(C4)C2)C3)C1=O. The standard InChI is InChI=1S/C21H30N4O5/c1-3-22-16(26)11-23(4-2)17(27)12-24-18(28)19(29)25(20(24)30)21-8-13-5-14(9-21)7-15(6-13)10-21/h13-15H,3-12H2,1-2H3,(H,22,26). The zero-order chi connectivity index (χ0) is 21.6. The van der Waals surface area contributed by atoms with E-state index in [9.17, 15) is 24.0 Å². The smallest absolute Gasteiger partial charge is 0.335 e. The molecule has 30 heavy (non-hydrogen) atoms. The number of likely N-dealkylation sites (N-methyl/N-ethyl adjacent to an activating group) is 2. The van der Waals surface area contributed by atoms with Crippen LogP contribution in [-0.2, 0) is 19.2 Å². The number of carbonyl (C=O) groups is 5. The molecule has 0 atom stereocenters. The largest absolute Gasteiger partial charge is 0.355 e. The maximum Gasteiger partial charge on any atom is 0.335 e. The number of urea groups is 1. The first kappa shape index (κ1) is 20.8. The van der Waals surface area contributed by atoms with Crippen LogP contribution in [0.3, 0.4) is 0 Å². The first-order valence-corrected chi connectivity index (χ1v) is 11.0. The lowest BCUT2D eigenvalue weighted by molar-refractivity contribution is -0.150. The highest BCUT2D eigenvalue weighted by Crippen LogP contribution is 2.58. The molecule has 0 unspecified atom stereocenters. The lowest BCUT2D eigenvalue weighted by Crippen LogP contribution is -2.62. The third-order valence-electron chi connectivity index (χ3n) is 7.27. The van der Waals surface area contributed by atoms with Crippen molar-refractivity contribution in [2.45, 2.75) is 57.9 Å². The summed E-state index contributed by atoms with van der Waals surface area (Å²) in [4.78, 5) is 66.4. The Morgan fingerprint density at radius 3 is 2.07 bits per heavy atom. The molecule has 5 rings (SSSR count). The van der Waals surface area contributed by atoms with Crippen molar-refractivity contribution in [1.29, 1.82) is 0 Å². The first-order chi connectivity index (χ1) is 14.3. The molecule has 9 nitrogen and oxygen atoms in total. The van der Waals surface area contributed by atoms with Gasteiger partial charge in [0.05, 0.1) is 12.1 Å². The van der Waals surface area contributed by atoms with Gasteiger partial charge in [0.25, 0.3) is 0 Å². The van der Waals surface area contributed by atoms with Gasteiger partial charge in [-0.25, -0.2) is 14.6 Å². The van der Waals surface area contributed by atoms with Gasteiger partial charge in [0.2, 0.25) is 11.8 Å². The highest BCUT2D eigenvalue weighted by molar-refractivity contribution is 6.45. The van der Waals surface area contributed by atoms with Gasteiger partial charge < -0.3 is 10.2 Å². The van der Waals surface area contributed by atoms with Crippen molar-refractivity contribution in [3.63, 3.8) is 0 Å². The molecule has 9 heteroatoms. The Kier molecular flexibility index (Phi) is 5.32. The highest BCUT2D eigenvalue weighted by atomic mass is 16.2. The van der Waals surface area contributed by atoms with Crippen LogP contribution >= 0.6 is 0 Å². The summed E-state index contributed by atoms with van der Waals surface area (Å²) in [6.45, 7) is 3.55. The molecular weight excluding hydrogens is 388 g/mol. The summed E-state index contributed by atoms with van der Waals surface area (Å²) in [5.41, 5.74) is -0.568. The highest BCUT2D eigenvalue weighted by Gasteiger charge is 2.61. The van der Waals surface area contributed by atoms with Gasteiger partial charge in [0, 0.05) is 13.1 Å². The zero-order valence-electron chi connectivity index (χ0n) is 17.7. The summed E-state index contributed by atoms with van der Waals surface area (Å²) in [5.74, 6) is -1.04. The summed E-state index contributed by atoms with van der Waals surface area (Å²) in [6, 6.07) is -0.672. The Labute approximate surface area is 176 Å². The zero-order valence-corrected chi connectivity index (χ0v) is 17.7. The molecule has 5 aliphatic rings. The van der Waals surface area contributed by atoms with E-state index in [2.05, 4.69) is 5.32 Å². The topological polar surface area (TPSA) is 107 Å². The van der Waals surface area contributed by atoms with Gasteiger partial charge in [-0.3, -0.25) is 19.2 Å². The van der Waals surface area contributed by atoms with Gasteiger partial charge in [-0.05, 0) is 70.1 Å². The fourth-order valence-electron chi connectivity index (χ4n) is 6.44. The molecule has 0 radical (unpaired) electrons. The summed E-state index contributed by atoms with van der Waals surface area (Å²) >= 11 is 0. The maximum atomic E-state index is 13.2. The number of rotatable bonds is 7. The van der Waals surface area contributed by atoms with E-state index in [1.165, 1.54) is 9.80 Å². The summed E-state index contributed by atoms with van der Waals surface area (Å²) in [7, 11) is 0. The molecule has 1 aliphatic heterocycles. The molecule has 1 N–H and O–H groups in total. The van der Waals surface area contributed by atoms with Crippen LogP contribution in [0.5, 0.6) is 0 Å². The van der Waals surface area contributed by atoms with E-state index in [-0.39, 0.29) is 19.0 Å². The van der Waals surface area contributed by atoms with E-state index in [4.69, 9.17) is 0 Å². The number of imide groups is 2. The minimum atomic E-state index is -0.932. The lowest BCUT2D eigenvalue weighted by atomic mass is 9.52. The number of carbonyl (C=O) groups excluding carboxylic acids is 5. The predicted octanol–water partition coefficient (Wildman–Crippen LogP) is 0.731. The molecule has 6 amide bonds. The van der Waals surface area contributed by atoms with Crippen LogP contribution in [0.15, 0.2) is 0 Å². The molecule has 0 spiro atoms. The predicted molar refractivity (Wildman–Crippen MR) is 106 cm³/mol. The molecule has 0 aromatic heterocycles. The second-order valence-corrected chi connectivity index (χ2v) is 9.32. The molecule has 4 saturated carbocycles. The Morgan fingerprint density at radius 1 is 1.00 bits per heavy atom. The van der Waals surface area contributed by atoms with Gasteiger partial charge in [0.15, 0.2) is 0 Å². The van der Waals surface area contributed by atoms with Crippen molar-refractivity contribution in [2.24, 2.45) is 17.8 Å². The van der Waals surface area contributed by atoms with Gasteiger partial charge in [0.1, 0.15) is 6.54 Å². The Morgan fingerprint density at radius 2 is 1.57 bits per heavy atom. The van der Waals surface area contributed by atoms with Gasteiger partial charge in [-0.1, -0.05) is 0 Å². The van der Waals surface area contributed by atoms with Crippen molar-refractivity contribution in [1.82, 2.24) is 20.0 Å². The van der Waals surface area contributed by atoms with E-state index in [0.29, 0.717) is 24.3 Å². The second-order valence-electron chi connectivity index (χ2n) is 9.32. The number of amides is 6. The van der Waals surface area contributed by atoms with Crippen LogP contribution in [0.4, 0.5) is 4.79 Å². The Bertz CT molecular complexity index is 759. The lowest BCUT2D eigenvalue weighted by Gasteiger charge is -2.58. The minimum Gasteiger partial charge on any atom is -0.355 e. The van der Waals surface area contributed by atoms with Crippen LogP contribution in [0.2, 0.25) is 0 Å². The van der Waals surface area contributed by atoms with Crippen LogP contribution in [0.25, 0.3) is 0 Å². The minimum absolute atomic E-state index is 0.147. The average Bonchev–Trinajstić information content (AvgIpc) is 2.88. The normalized spacial score (nSPS) is 32.2. The third kappa shape index (κ3) is 3.37. The Balaban J connectivity index is 1.49. The molecule has 0 aromatic carbocycles. The van der Waals surface area contributed by atoms with Crippen molar-refractivity contribution in [2.75, 3.05) is 26.2 Å². The van der Waals surface area contributed by atoms with Crippen LogP contribution in [0.1, 0.15) is 52.4 Å². The molecule has 5 fully saturated rings. The fraction of sp³-hybridized carbons (Fsp3) is 0.762. The summed E-state index contributed by atoms with van der Waals surface area (Å²) in [5, 5.41) is 2.62. The second kappa shape index (κ2) is 7.67. The summed E-state index contributed by atoms with van der Waals surface area (Å²) < 4.78 is 0. The molecule has 164 valence electrons. The Hall–Kier alpha value is -2.45. The molecule has 1 heterocycles. The third-order valence-corrected chi connectivity index (χ3v) is 7.27. The molecule has 0 aromatic rings. The van der Waals surface area contributed by atoms with E-state index >= 15 is 0 Å². The average molecular weight is 418 g/mol.